The maximum Gasteiger partial charge on any atom is 0.338 e. The summed E-state index contributed by atoms with van der Waals surface area (Å²) in [6.07, 6.45) is 3.63. The molecular weight excluding hydrogens is 476 g/mol. The Hall–Kier alpha value is -2.90. The second-order valence-corrected chi connectivity index (χ2v) is 11.0. The Bertz CT molecular complexity index is 1440. The number of hydrogen-bond acceptors (Lipinski definition) is 6. The van der Waals surface area contributed by atoms with Crippen molar-refractivity contribution in [3.63, 3.8) is 0 Å². The number of esters is 1. The van der Waals surface area contributed by atoms with Crippen molar-refractivity contribution in [2.45, 2.75) is 57.6 Å². The maximum absolute atomic E-state index is 13.7. The van der Waals surface area contributed by atoms with Crippen LogP contribution < -0.4 is 14.9 Å². The highest BCUT2D eigenvalue weighted by Gasteiger charge is 2.33. The second-order valence-electron chi connectivity index (χ2n) is 9.13. The summed E-state index contributed by atoms with van der Waals surface area (Å²) in [6, 6.07) is 15.6. The SMILES string of the molecule is CSc1ccc([C@H]2C(C(=O)OC(C)C)=C(C)N=c3s/c(=C\c4ccc(C(C)C)cc4)c(=O)n32)cc1. The van der Waals surface area contributed by atoms with Crippen LogP contribution in [0.5, 0.6) is 0 Å². The molecule has 1 aliphatic rings. The first-order valence-corrected chi connectivity index (χ1v) is 13.7. The Kier molecular flexibility index (Phi) is 7.47. The van der Waals surface area contributed by atoms with Gasteiger partial charge in [-0.3, -0.25) is 9.36 Å². The van der Waals surface area contributed by atoms with Crippen LogP contribution in [0.1, 0.15) is 63.3 Å². The Balaban J connectivity index is 1.88. The third-order valence-electron chi connectivity index (χ3n) is 5.92. The van der Waals surface area contributed by atoms with Gasteiger partial charge in [0.1, 0.15) is 0 Å². The minimum Gasteiger partial charge on any atom is -0.459 e. The van der Waals surface area contributed by atoms with E-state index in [1.54, 1.807) is 16.3 Å². The molecule has 7 heteroatoms. The van der Waals surface area contributed by atoms with Crippen LogP contribution in [-0.4, -0.2) is 22.9 Å². The van der Waals surface area contributed by atoms with E-state index in [1.165, 1.54) is 16.9 Å². The predicted octanol–water partition coefficient (Wildman–Crippen LogP) is 5.03. The number of ether oxygens (including phenoxy) is 1. The first kappa shape index (κ1) is 25.2. The summed E-state index contributed by atoms with van der Waals surface area (Å²) in [6.45, 7) is 9.75. The lowest BCUT2D eigenvalue weighted by atomic mass is 9.96. The van der Waals surface area contributed by atoms with Crippen molar-refractivity contribution >= 4 is 35.1 Å². The van der Waals surface area contributed by atoms with Crippen LogP contribution >= 0.6 is 23.1 Å². The molecule has 0 fully saturated rings. The monoisotopic (exact) mass is 506 g/mol. The van der Waals surface area contributed by atoms with E-state index in [2.05, 4.69) is 31.0 Å². The van der Waals surface area contributed by atoms with Crippen LogP contribution in [0.2, 0.25) is 0 Å². The number of aromatic nitrogens is 1. The summed E-state index contributed by atoms with van der Waals surface area (Å²) >= 11 is 2.99. The number of rotatable bonds is 6. The van der Waals surface area contributed by atoms with Crippen molar-refractivity contribution in [3.05, 3.63) is 96.2 Å². The molecule has 0 saturated heterocycles. The largest absolute Gasteiger partial charge is 0.459 e. The average Bonchev–Trinajstić information content (AvgIpc) is 3.12. The van der Waals surface area contributed by atoms with Gasteiger partial charge in [0.2, 0.25) is 0 Å². The average molecular weight is 507 g/mol. The van der Waals surface area contributed by atoms with Gasteiger partial charge in [0.05, 0.1) is 27.9 Å². The Morgan fingerprint density at radius 2 is 1.74 bits per heavy atom. The number of benzene rings is 2. The molecule has 2 heterocycles. The normalized spacial score (nSPS) is 16.0. The molecule has 0 bridgehead atoms. The van der Waals surface area contributed by atoms with Crippen LogP contribution in [0.3, 0.4) is 0 Å². The highest BCUT2D eigenvalue weighted by molar-refractivity contribution is 7.98. The predicted molar refractivity (Wildman–Crippen MR) is 144 cm³/mol. The van der Waals surface area contributed by atoms with Crippen LogP contribution in [0.25, 0.3) is 6.08 Å². The standard InChI is InChI=1S/C28H30N2O3S2/c1-16(2)20-9-7-19(8-10-20)15-23-26(31)30-25(21-11-13-22(34-6)14-12-21)24(27(32)33-17(3)4)18(5)29-28(30)35-23/h7-17,25H,1-6H3/b23-15-/t25-/m0/s1. The Labute approximate surface area is 213 Å². The molecule has 3 aromatic rings. The first-order chi connectivity index (χ1) is 16.7. The molecule has 5 nitrogen and oxygen atoms in total. The minimum absolute atomic E-state index is 0.164. The molecule has 0 saturated carbocycles. The van der Waals surface area contributed by atoms with Crippen molar-refractivity contribution < 1.29 is 9.53 Å². The fourth-order valence-electron chi connectivity index (χ4n) is 4.09. The van der Waals surface area contributed by atoms with Gasteiger partial charge in [0.15, 0.2) is 4.80 Å². The Morgan fingerprint density at radius 3 is 2.31 bits per heavy atom. The summed E-state index contributed by atoms with van der Waals surface area (Å²) in [7, 11) is 0. The number of allylic oxidation sites excluding steroid dienone is 1. The molecule has 0 aliphatic carbocycles. The lowest BCUT2D eigenvalue weighted by Crippen LogP contribution is -2.40. The smallest absolute Gasteiger partial charge is 0.338 e. The van der Waals surface area contributed by atoms with E-state index < -0.39 is 12.0 Å². The van der Waals surface area contributed by atoms with E-state index >= 15 is 0 Å². The number of carbonyl (C=O) groups is 1. The summed E-state index contributed by atoms with van der Waals surface area (Å²) in [5, 5.41) is 0. The molecule has 0 amide bonds. The summed E-state index contributed by atoms with van der Waals surface area (Å²) in [5.74, 6) is -0.00223. The molecule has 182 valence electrons. The highest BCUT2D eigenvalue weighted by atomic mass is 32.2. The van der Waals surface area contributed by atoms with Gasteiger partial charge in [-0.15, -0.1) is 11.8 Å². The van der Waals surface area contributed by atoms with E-state index in [9.17, 15) is 9.59 Å². The van der Waals surface area contributed by atoms with Gasteiger partial charge < -0.3 is 4.74 Å². The third-order valence-corrected chi connectivity index (χ3v) is 7.64. The highest BCUT2D eigenvalue weighted by Crippen LogP contribution is 2.32. The molecule has 1 aromatic heterocycles. The van der Waals surface area contributed by atoms with Crippen LogP contribution in [0.4, 0.5) is 0 Å². The fraction of sp³-hybridized carbons (Fsp3) is 0.321. The number of thioether (sulfide) groups is 1. The van der Waals surface area contributed by atoms with Crippen molar-refractivity contribution in [1.29, 1.82) is 0 Å². The van der Waals surface area contributed by atoms with Gasteiger partial charge in [-0.1, -0.05) is 61.6 Å². The van der Waals surface area contributed by atoms with Gasteiger partial charge in [-0.25, -0.2) is 9.79 Å². The molecule has 1 aliphatic heterocycles. The maximum atomic E-state index is 13.7. The van der Waals surface area contributed by atoms with Crippen molar-refractivity contribution in [1.82, 2.24) is 4.57 Å². The molecule has 0 spiro atoms. The summed E-state index contributed by atoms with van der Waals surface area (Å²) in [5.41, 5.74) is 3.86. The van der Waals surface area contributed by atoms with Crippen LogP contribution in [0, 0.1) is 0 Å². The molecule has 0 N–H and O–H groups in total. The zero-order valence-electron chi connectivity index (χ0n) is 20.9. The minimum atomic E-state index is -0.598. The van der Waals surface area contributed by atoms with Crippen molar-refractivity contribution in [3.8, 4) is 0 Å². The van der Waals surface area contributed by atoms with Crippen molar-refractivity contribution in [2.75, 3.05) is 6.26 Å². The van der Waals surface area contributed by atoms with Crippen molar-refractivity contribution in [2.24, 2.45) is 4.99 Å². The number of nitrogens with zero attached hydrogens (tertiary/aromatic N) is 2. The molecular formula is C28H30N2O3S2. The fourth-order valence-corrected chi connectivity index (χ4v) is 5.55. The van der Waals surface area contributed by atoms with Crippen LogP contribution in [0.15, 0.2) is 74.5 Å². The van der Waals surface area contributed by atoms with Gasteiger partial charge >= 0.3 is 5.97 Å². The molecule has 0 unspecified atom stereocenters. The lowest BCUT2D eigenvalue weighted by molar-refractivity contribution is -0.143. The van der Waals surface area contributed by atoms with E-state index in [-0.39, 0.29) is 11.7 Å². The second kappa shape index (κ2) is 10.4. The number of hydrogen-bond donors (Lipinski definition) is 0. The molecule has 2 aromatic carbocycles. The van der Waals surface area contributed by atoms with Gasteiger partial charge in [-0.2, -0.15) is 0 Å². The van der Waals surface area contributed by atoms with Gasteiger partial charge in [-0.05, 0) is 67.8 Å². The third kappa shape index (κ3) is 5.21. The molecule has 35 heavy (non-hydrogen) atoms. The van der Waals surface area contributed by atoms with Gasteiger partial charge in [0, 0.05) is 4.90 Å². The topological polar surface area (TPSA) is 60.7 Å². The Morgan fingerprint density at radius 1 is 1.09 bits per heavy atom. The molecule has 1 atom stereocenters. The van der Waals surface area contributed by atoms with E-state index in [1.807, 2.05) is 69.5 Å². The molecule has 0 radical (unpaired) electrons. The zero-order valence-corrected chi connectivity index (χ0v) is 22.5. The van der Waals surface area contributed by atoms with E-state index in [0.29, 0.717) is 26.5 Å². The first-order valence-electron chi connectivity index (χ1n) is 11.7. The lowest BCUT2D eigenvalue weighted by Gasteiger charge is -2.25. The van der Waals surface area contributed by atoms with E-state index in [0.717, 1.165) is 16.0 Å². The quantitative estimate of drug-likeness (QED) is 0.347. The number of carbonyl (C=O) groups excluding carboxylic acids is 1. The summed E-state index contributed by atoms with van der Waals surface area (Å²) in [4.78, 5) is 33.2. The summed E-state index contributed by atoms with van der Waals surface area (Å²) < 4.78 is 7.78. The number of thiazole rings is 1. The van der Waals surface area contributed by atoms with Gasteiger partial charge in [0.25, 0.3) is 5.56 Å². The molecule has 4 rings (SSSR count). The zero-order chi connectivity index (χ0) is 25.3. The number of fused-ring (bicyclic) bond motifs is 1. The van der Waals surface area contributed by atoms with E-state index in [4.69, 9.17) is 4.74 Å². The van der Waals surface area contributed by atoms with Crippen LogP contribution in [-0.2, 0) is 9.53 Å².